The highest BCUT2D eigenvalue weighted by Gasteiger charge is 2.45. The molecule has 2 aromatic heterocycles. The number of thioether (sulfide) groups is 1. The van der Waals surface area contributed by atoms with Crippen LogP contribution in [0.1, 0.15) is 30.1 Å². The first kappa shape index (κ1) is 24.6. The van der Waals surface area contributed by atoms with Crippen LogP contribution in [0.4, 0.5) is 19.0 Å². The second-order valence-electron chi connectivity index (χ2n) is 8.50. The van der Waals surface area contributed by atoms with Gasteiger partial charge in [0.25, 0.3) is 0 Å². The fourth-order valence-corrected chi connectivity index (χ4v) is 4.51. The third kappa shape index (κ3) is 4.96. The van der Waals surface area contributed by atoms with E-state index in [9.17, 15) is 13.2 Å². The molecule has 0 saturated carbocycles. The van der Waals surface area contributed by atoms with Crippen LogP contribution in [0.25, 0.3) is 11.0 Å². The van der Waals surface area contributed by atoms with E-state index in [0.717, 1.165) is 17.4 Å². The molecule has 0 spiro atoms. The fraction of sp³-hybridized carbons (Fsp3) is 0.478. The smallest absolute Gasteiger partial charge is 0.431 e. The maximum Gasteiger partial charge on any atom is 0.431 e. The Balaban J connectivity index is 0.000000868. The molecular formula is C23H28F3N5O2S. The molecule has 0 bridgehead atoms. The van der Waals surface area contributed by atoms with Crippen molar-refractivity contribution in [1.82, 2.24) is 15.0 Å². The monoisotopic (exact) mass is 495 g/mol. The van der Waals surface area contributed by atoms with Gasteiger partial charge in [-0.3, -0.25) is 0 Å². The summed E-state index contributed by atoms with van der Waals surface area (Å²) in [5.74, 6) is 0.915. The van der Waals surface area contributed by atoms with Gasteiger partial charge < -0.3 is 25.5 Å². The van der Waals surface area contributed by atoms with Crippen molar-refractivity contribution in [3.05, 3.63) is 47.9 Å². The topological polar surface area (TPSA) is 98.1 Å². The molecule has 3 aromatic rings. The number of para-hydroxylation sites is 1. The van der Waals surface area contributed by atoms with Gasteiger partial charge in [0.2, 0.25) is 0 Å². The first-order chi connectivity index (χ1) is 16.3. The summed E-state index contributed by atoms with van der Waals surface area (Å²) in [4.78, 5) is 10.6. The minimum absolute atomic E-state index is 0.121. The summed E-state index contributed by atoms with van der Waals surface area (Å²) in [5, 5.41) is 3.65. The molecule has 4 heterocycles. The summed E-state index contributed by atoms with van der Waals surface area (Å²) in [6.07, 6.45) is 2.16. The van der Waals surface area contributed by atoms with Crippen LogP contribution in [0, 0.1) is 5.92 Å². The van der Waals surface area contributed by atoms with Crippen molar-refractivity contribution in [2.75, 3.05) is 37.6 Å². The molecule has 0 radical (unpaired) electrons. The van der Waals surface area contributed by atoms with Crippen LogP contribution in [0.15, 0.2) is 36.7 Å². The van der Waals surface area contributed by atoms with E-state index < -0.39 is 17.4 Å². The number of nitrogens with one attached hydrogen (secondary N) is 2. The lowest BCUT2D eigenvalue weighted by atomic mass is 9.72. The number of nitrogens with zero attached hydrogens (tertiary/aromatic N) is 2. The third-order valence-corrected chi connectivity index (χ3v) is 6.26. The Hall–Kier alpha value is -2.50. The van der Waals surface area contributed by atoms with Crippen LogP contribution in [-0.2, 0) is 10.9 Å². The minimum Gasteiger partial charge on any atom is -0.493 e. The number of hydrogen-bond donors (Lipinski definition) is 3. The lowest BCUT2D eigenvalue weighted by molar-refractivity contribution is -0.140. The van der Waals surface area contributed by atoms with Gasteiger partial charge in [-0.1, -0.05) is 18.2 Å². The van der Waals surface area contributed by atoms with Crippen molar-refractivity contribution in [3.8, 4) is 5.75 Å². The van der Waals surface area contributed by atoms with E-state index in [1.807, 2.05) is 36.8 Å². The highest BCUT2D eigenvalue weighted by molar-refractivity contribution is 7.97. The van der Waals surface area contributed by atoms with E-state index in [-0.39, 0.29) is 23.0 Å². The second-order valence-corrected chi connectivity index (χ2v) is 9.31. The number of benzene rings is 1. The van der Waals surface area contributed by atoms with Gasteiger partial charge in [-0.15, -0.1) is 0 Å². The quantitative estimate of drug-likeness (QED) is 0.488. The number of rotatable bonds is 3. The number of nitrogens with two attached hydrogens (primary N) is 1. The number of alkyl halides is 3. The van der Waals surface area contributed by atoms with Gasteiger partial charge in [-0.2, -0.15) is 24.9 Å². The van der Waals surface area contributed by atoms with E-state index in [4.69, 9.17) is 15.2 Å². The van der Waals surface area contributed by atoms with Crippen LogP contribution in [0.3, 0.4) is 0 Å². The standard InChI is InChI=1S/C21H22F3N5O2.C2H6S/c22-21(23,24)16-9-13-18(28-16)26-11-27-19(13)29-17-12-3-1-2-4-15(12)31-10-14(17)20(25)5-7-30-8-6-20;1-3-2/h1-4,9,11,14,17H,5-8,10,25H2,(H2,26,27,28,29);1-2H3. The van der Waals surface area contributed by atoms with Crippen molar-refractivity contribution >= 4 is 28.6 Å². The first-order valence-corrected chi connectivity index (χ1v) is 12.6. The molecule has 5 rings (SSSR count). The molecule has 4 N–H and O–H groups in total. The highest BCUT2D eigenvalue weighted by Crippen LogP contribution is 2.44. The Morgan fingerprint density at radius 2 is 1.88 bits per heavy atom. The molecule has 184 valence electrons. The normalized spacial score (nSPS) is 21.7. The fourth-order valence-electron chi connectivity index (χ4n) is 4.51. The molecule has 2 aliphatic heterocycles. The van der Waals surface area contributed by atoms with Gasteiger partial charge in [0, 0.05) is 30.2 Å². The molecule has 1 saturated heterocycles. The van der Waals surface area contributed by atoms with E-state index >= 15 is 0 Å². The second kappa shape index (κ2) is 10.0. The Kier molecular flexibility index (Phi) is 7.25. The number of H-pyrrole nitrogens is 1. The highest BCUT2D eigenvalue weighted by atomic mass is 32.2. The number of aromatic amines is 1. The summed E-state index contributed by atoms with van der Waals surface area (Å²) in [6.45, 7) is 1.51. The maximum absolute atomic E-state index is 13.2. The average Bonchev–Trinajstić information content (AvgIpc) is 3.26. The van der Waals surface area contributed by atoms with E-state index in [2.05, 4.69) is 20.3 Å². The lowest BCUT2D eigenvalue weighted by Crippen LogP contribution is -2.57. The molecule has 7 nitrogen and oxygen atoms in total. The molecule has 2 atom stereocenters. The Labute approximate surface area is 200 Å². The molecule has 1 fully saturated rings. The molecule has 2 unspecified atom stereocenters. The predicted octanol–water partition coefficient (Wildman–Crippen LogP) is 4.63. The molecule has 0 amide bonds. The van der Waals surface area contributed by atoms with Crippen LogP contribution in [0.5, 0.6) is 5.75 Å². The van der Waals surface area contributed by atoms with Crippen LogP contribution in [0.2, 0.25) is 0 Å². The minimum atomic E-state index is -4.50. The van der Waals surface area contributed by atoms with Crippen LogP contribution < -0.4 is 15.8 Å². The SMILES string of the molecule is CSC.NC1(C2COc3ccccc3C2Nc2ncnc3[nH]c(C(F)(F)F)cc23)CCOCC1. The number of fused-ring (bicyclic) bond motifs is 2. The van der Waals surface area contributed by atoms with Gasteiger partial charge in [-0.05, 0) is 37.5 Å². The number of ether oxygens (including phenoxy) is 2. The van der Waals surface area contributed by atoms with E-state index in [1.54, 1.807) is 11.8 Å². The largest absolute Gasteiger partial charge is 0.493 e. The zero-order valence-corrected chi connectivity index (χ0v) is 19.8. The van der Waals surface area contributed by atoms with Gasteiger partial charge in [-0.25, -0.2) is 9.97 Å². The van der Waals surface area contributed by atoms with Gasteiger partial charge in [0.1, 0.15) is 29.2 Å². The third-order valence-electron chi connectivity index (χ3n) is 6.26. The zero-order chi connectivity index (χ0) is 24.3. The molecular weight excluding hydrogens is 467 g/mol. The molecule has 34 heavy (non-hydrogen) atoms. The van der Waals surface area contributed by atoms with Gasteiger partial charge in [0.05, 0.1) is 18.0 Å². The van der Waals surface area contributed by atoms with Crippen molar-refractivity contribution in [3.63, 3.8) is 0 Å². The molecule has 2 aliphatic rings. The number of halogens is 3. The molecule has 0 aliphatic carbocycles. The number of hydrogen-bond acceptors (Lipinski definition) is 7. The Bertz CT molecular complexity index is 1120. The van der Waals surface area contributed by atoms with Crippen molar-refractivity contribution in [2.24, 2.45) is 11.7 Å². The predicted molar refractivity (Wildman–Crippen MR) is 127 cm³/mol. The van der Waals surface area contributed by atoms with Crippen molar-refractivity contribution in [1.29, 1.82) is 0 Å². The van der Waals surface area contributed by atoms with Crippen molar-refractivity contribution in [2.45, 2.75) is 30.6 Å². The lowest BCUT2D eigenvalue weighted by Gasteiger charge is -2.46. The summed E-state index contributed by atoms with van der Waals surface area (Å²) in [6, 6.07) is 8.34. The van der Waals surface area contributed by atoms with Crippen molar-refractivity contribution < 1.29 is 22.6 Å². The van der Waals surface area contributed by atoms with E-state index in [1.165, 1.54) is 6.33 Å². The Morgan fingerprint density at radius 1 is 1.18 bits per heavy atom. The summed E-state index contributed by atoms with van der Waals surface area (Å²) < 4.78 is 51.2. The summed E-state index contributed by atoms with van der Waals surface area (Å²) in [5.41, 5.74) is 6.44. The average molecular weight is 496 g/mol. The number of aromatic nitrogens is 3. The van der Waals surface area contributed by atoms with Gasteiger partial charge >= 0.3 is 6.18 Å². The first-order valence-electron chi connectivity index (χ1n) is 10.9. The summed E-state index contributed by atoms with van der Waals surface area (Å²) >= 11 is 1.75. The molecule has 11 heteroatoms. The zero-order valence-electron chi connectivity index (χ0n) is 19.0. The van der Waals surface area contributed by atoms with Gasteiger partial charge in [0.15, 0.2) is 0 Å². The van der Waals surface area contributed by atoms with Crippen LogP contribution >= 0.6 is 11.8 Å². The van der Waals surface area contributed by atoms with E-state index in [0.29, 0.717) is 38.5 Å². The van der Waals surface area contributed by atoms with Crippen LogP contribution in [-0.4, -0.2) is 52.8 Å². The Morgan fingerprint density at radius 3 is 2.59 bits per heavy atom. The molecule has 1 aromatic carbocycles. The number of anilines is 1. The summed E-state index contributed by atoms with van der Waals surface area (Å²) in [7, 11) is 0. The maximum atomic E-state index is 13.2.